The van der Waals surface area contributed by atoms with Crippen molar-refractivity contribution in [2.75, 3.05) is 13.2 Å². The van der Waals surface area contributed by atoms with Gasteiger partial charge < -0.3 is 4.74 Å². The van der Waals surface area contributed by atoms with Gasteiger partial charge in [-0.15, -0.1) is 0 Å². The minimum Gasteiger partial charge on any atom is -0.447 e. The number of nitrogens with zero attached hydrogens (tertiary/aromatic N) is 1. The summed E-state index contributed by atoms with van der Waals surface area (Å²) in [4.78, 5) is 12.7. The van der Waals surface area contributed by atoms with Gasteiger partial charge >= 0.3 is 6.09 Å². The smallest absolute Gasteiger partial charge is 0.413 e. The summed E-state index contributed by atoms with van der Waals surface area (Å²) in [6.45, 7) is 3.17. The third-order valence-corrected chi connectivity index (χ3v) is 2.32. The van der Waals surface area contributed by atoms with Crippen molar-refractivity contribution in [3.05, 3.63) is 41.6 Å². The van der Waals surface area contributed by atoms with E-state index in [0.717, 1.165) is 5.56 Å². The zero-order valence-corrected chi connectivity index (χ0v) is 8.64. The molecule has 1 aliphatic rings. The molecule has 1 heterocycles. The van der Waals surface area contributed by atoms with Crippen molar-refractivity contribution in [2.24, 2.45) is 0 Å². The summed E-state index contributed by atoms with van der Waals surface area (Å²) in [6, 6.07) is 8.13. The highest BCUT2D eigenvalue weighted by atomic mass is 16.6. The lowest BCUT2D eigenvalue weighted by Crippen LogP contribution is -2.16. The summed E-state index contributed by atoms with van der Waals surface area (Å²) in [5.74, 6) is 0. The maximum Gasteiger partial charge on any atom is 0.413 e. The number of carbonyl (C=O) groups excluding carboxylic acids is 1. The Balaban J connectivity index is 2.04. The molecule has 15 heavy (non-hydrogen) atoms. The number of carbonyl (C=O) groups is 1. The Bertz CT molecular complexity index is 381. The second-order valence-corrected chi connectivity index (χ2v) is 3.53. The third kappa shape index (κ3) is 2.37. The Hall–Kier alpha value is -1.77. The van der Waals surface area contributed by atoms with Crippen LogP contribution in [-0.4, -0.2) is 24.1 Å². The standard InChI is InChI=1S/C12H13NO2/c1-10-2-4-11(5-3-10)6-7-13-8-9-15-12(13)14/h2-7H,8-9H2,1H3/b7-6-. The van der Waals surface area contributed by atoms with Crippen molar-refractivity contribution in [1.29, 1.82) is 0 Å². The Kier molecular flexibility index (Phi) is 2.72. The predicted molar refractivity (Wildman–Crippen MR) is 58.3 cm³/mol. The minimum atomic E-state index is -0.265. The first-order valence-electron chi connectivity index (χ1n) is 4.94. The van der Waals surface area contributed by atoms with Gasteiger partial charge in [0, 0.05) is 6.20 Å². The molecule has 0 spiro atoms. The highest BCUT2D eigenvalue weighted by Crippen LogP contribution is 2.08. The Labute approximate surface area is 89.0 Å². The second kappa shape index (κ2) is 4.17. The lowest BCUT2D eigenvalue weighted by Gasteiger charge is -2.04. The zero-order chi connectivity index (χ0) is 10.7. The Morgan fingerprint density at radius 1 is 1.33 bits per heavy atom. The van der Waals surface area contributed by atoms with E-state index in [1.54, 1.807) is 11.1 Å². The van der Waals surface area contributed by atoms with Crippen LogP contribution in [0.2, 0.25) is 0 Å². The van der Waals surface area contributed by atoms with E-state index >= 15 is 0 Å². The van der Waals surface area contributed by atoms with Crippen LogP contribution >= 0.6 is 0 Å². The van der Waals surface area contributed by atoms with Gasteiger partial charge in [0.25, 0.3) is 0 Å². The molecule has 2 rings (SSSR count). The van der Waals surface area contributed by atoms with Gasteiger partial charge in [0.15, 0.2) is 0 Å². The number of benzene rings is 1. The van der Waals surface area contributed by atoms with Gasteiger partial charge in [-0.2, -0.15) is 0 Å². The zero-order valence-electron chi connectivity index (χ0n) is 8.64. The summed E-state index contributed by atoms with van der Waals surface area (Å²) in [6.07, 6.45) is 3.41. The van der Waals surface area contributed by atoms with Gasteiger partial charge in [0.2, 0.25) is 0 Å². The van der Waals surface area contributed by atoms with Crippen LogP contribution in [0.1, 0.15) is 11.1 Å². The van der Waals surface area contributed by atoms with Gasteiger partial charge in [-0.25, -0.2) is 4.79 Å². The van der Waals surface area contributed by atoms with Crippen LogP contribution < -0.4 is 0 Å². The SMILES string of the molecule is Cc1ccc(/C=C\N2CCOC2=O)cc1. The van der Waals surface area contributed by atoms with Gasteiger partial charge in [-0.05, 0) is 18.6 Å². The van der Waals surface area contributed by atoms with Crippen molar-refractivity contribution >= 4 is 12.2 Å². The van der Waals surface area contributed by atoms with Crippen LogP contribution in [0.4, 0.5) is 4.79 Å². The van der Waals surface area contributed by atoms with Crippen LogP contribution in [0, 0.1) is 6.92 Å². The fourth-order valence-electron chi connectivity index (χ4n) is 1.39. The first-order valence-corrected chi connectivity index (χ1v) is 4.94. The number of cyclic esters (lactones) is 1. The molecule has 1 aromatic rings. The quantitative estimate of drug-likeness (QED) is 0.738. The first kappa shape index (κ1) is 9.77. The monoisotopic (exact) mass is 203 g/mol. The Morgan fingerprint density at radius 2 is 2.07 bits per heavy atom. The molecule has 3 heteroatoms. The summed E-state index contributed by atoms with van der Waals surface area (Å²) >= 11 is 0. The molecule has 0 radical (unpaired) electrons. The molecule has 0 N–H and O–H groups in total. The highest BCUT2D eigenvalue weighted by Gasteiger charge is 2.18. The summed E-state index contributed by atoms with van der Waals surface area (Å²) < 4.78 is 4.81. The van der Waals surface area contributed by atoms with Gasteiger partial charge in [0.1, 0.15) is 6.61 Å². The van der Waals surface area contributed by atoms with Crippen molar-refractivity contribution in [3.8, 4) is 0 Å². The molecular weight excluding hydrogens is 190 g/mol. The molecule has 1 saturated heterocycles. The molecule has 0 unspecified atom stereocenters. The summed E-state index contributed by atoms with van der Waals surface area (Å²) in [7, 11) is 0. The van der Waals surface area contributed by atoms with Crippen molar-refractivity contribution in [1.82, 2.24) is 4.90 Å². The largest absolute Gasteiger partial charge is 0.447 e. The van der Waals surface area contributed by atoms with E-state index in [9.17, 15) is 4.79 Å². The molecule has 0 bridgehead atoms. The van der Waals surface area contributed by atoms with Crippen LogP contribution in [-0.2, 0) is 4.74 Å². The molecule has 0 atom stereocenters. The summed E-state index contributed by atoms with van der Waals surface area (Å²) in [5, 5.41) is 0. The topological polar surface area (TPSA) is 29.5 Å². The van der Waals surface area contributed by atoms with E-state index in [4.69, 9.17) is 4.74 Å². The normalized spacial score (nSPS) is 16.1. The first-order chi connectivity index (χ1) is 7.25. The number of ether oxygens (including phenoxy) is 1. The molecule has 0 aromatic heterocycles. The molecule has 1 fully saturated rings. The minimum absolute atomic E-state index is 0.265. The lowest BCUT2D eigenvalue weighted by atomic mass is 10.1. The van der Waals surface area contributed by atoms with E-state index in [2.05, 4.69) is 0 Å². The fraction of sp³-hybridized carbons (Fsp3) is 0.250. The van der Waals surface area contributed by atoms with Crippen LogP contribution in [0.5, 0.6) is 0 Å². The summed E-state index contributed by atoms with van der Waals surface area (Å²) in [5.41, 5.74) is 2.31. The maximum absolute atomic E-state index is 11.1. The fourth-order valence-corrected chi connectivity index (χ4v) is 1.39. The molecule has 78 valence electrons. The van der Waals surface area contributed by atoms with E-state index < -0.39 is 0 Å². The molecule has 0 aliphatic carbocycles. The number of rotatable bonds is 2. The molecule has 1 aromatic carbocycles. The lowest BCUT2D eigenvalue weighted by molar-refractivity contribution is 0.166. The van der Waals surface area contributed by atoms with Gasteiger partial charge in [0.05, 0.1) is 6.54 Å². The predicted octanol–water partition coefficient (Wildman–Crippen LogP) is 2.42. The van der Waals surface area contributed by atoms with Crippen molar-refractivity contribution < 1.29 is 9.53 Å². The molecule has 3 nitrogen and oxygen atoms in total. The molecule has 1 aliphatic heterocycles. The van der Waals surface area contributed by atoms with Crippen LogP contribution in [0.15, 0.2) is 30.5 Å². The van der Waals surface area contributed by atoms with Crippen LogP contribution in [0.25, 0.3) is 6.08 Å². The number of aryl methyl sites for hydroxylation is 1. The average Bonchev–Trinajstić information content (AvgIpc) is 2.63. The Morgan fingerprint density at radius 3 is 2.67 bits per heavy atom. The van der Waals surface area contributed by atoms with E-state index in [-0.39, 0.29) is 6.09 Å². The number of amides is 1. The molecule has 0 saturated carbocycles. The number of hydrogen-bond acceptors (Lipinski definition) is 2. The molecule has 1 amide bonds. The van der Waals surface area contributed by atoms with E-state index in [0.29, 0.717) is 13.2 Å². The van der Waals surface area contributed by atoms with Gasteiger partial charge in [-0.1, -0.05) is 29.8 Å². The third-order valence-electron chi connectivity index (χ3n) is 2.32. The maximum atomic E-state index is 11.1. The molecular formula is C12H13NO2. The van der Waals surface area contributed by atoms with Crippen LogP contribution in [0.3, 0.4) is 0 Å². The average molecular weight is 203 g/mol. The second-order valence-electron chi connectivity index (χ2n) is 3.53. The highest BCUT2D eigenvalue weighted by molar-refractivity contribution is 5.71. The van der Waals surface area contributed by atoms with Crippen molar-refractivity contribution in [2.45, 2.75) is 6.92 Å². The number of hydrogen-bond donors (Lipinski definition) is 0. The van der Waals surface area contributed by atoms with Gasteiger partial charge in [-0.3, -0.25) is 4.90 Å². The van der Waals surface area contributed by atoms with Crippen molar-refractivity contribution in [3.63, 3.8) is 0 Å². The van der Waals surface area contributed by atoms with E-state index in [1.165, 1.54) is 5.56 Å². The van der Waals surface area contributed by atoms with E-state index in [1.807, 2.05) is 37.3 Å².